The monoisotopic (exact) mass is 388 g/mol. The van der Waals surface area contributed by atoms with E-state index in [9.17, 15) is 13.2 Å². The molecule has 2 aromatic rings. The molecule has 0 radical (unpaired) electrons. The molecule has 2 unspecified atom stereocenters. The van der Waals surface area contributed by atoms with Crippen molar-refractivity contribution in [1.82, 2.24) is 5.32 Å². The Balaban J connectivity index is 2.20. The van der Waals surface area contributed by atoms with Gasteiger partial charge in [0.15, 0.2) is 0 Å². The average molecular weight is 389 g/mol. The lowest BCUT2D eigenvalue weighted by Crippen LogP contribution is -2.48. The number of benzene rings is 2. The maximum Gasteiger partial charge on any atom is 0.244 e. The first kappa shape index (κ1) is 21.0. The molecule has 1 amide bonds. The topological polar surface area (TPSA) is 66.5 Å². The highest BCUT2D eigenvalue weighted by Crippen LogP contribution is 2.22. The highest BCUT2D eigenvalue weighted by atomic mass is 32.2. The van der Waals surface area contributed by atoms with E-state index >= 15 is 0 Å². The summed E-state index contributed by atoms with van der Waals surface area (Å²) in [6, 6.07) is 14.1. The fourth-order valence-corrected chi connectivity index (χ4v) is 4.13. The van der Waals surface area contributed by atoms with Crippen LogP contribution in [0.25, 0.3) is 0 Å². The molecule has 0 aliphatic rings. The van der Waals surface area contributed by atoms with Crippen LogP contribution in [0.4, 0.5) is 5.69 Å². The molecule has 2 atom stereocenters. The largest absolute Gasteiger partial charge is 0.348 e. The van der Waals surface area contributed by atoms with Gasteiger partial charge < -0.3 is 5.32 Å². The molecular formula is C21H28N2O3S. The Morgan fingerprint density at radius 3 is 2.07 bits per heavy atom. The van der Waals surface area contributed by atoms with Crippen LogP contribution in [0, 0.1) is 6.92 Å². The standard InChI is InChI=1S/C21H28N2O3S/c1-6-18-9-11-19(12-10-18)16(3)22-21(24)17(4)23(27(5,25)26)20-13-7-15(2)8-14-20/h7-14,16-17H,6H2,1-5H3,(H,22,24). The summed E-state index contributed by atoms with van der Waals surface area (Å²) < 4.78 is 25.8. The molecule has 0 fully saturated rings. The molecule has 1 N–H and O–H groups in total. The number of hydrogen-bond donors (Lipinski definition) is 1. The van der Waals surface area contributed by atoms with Gasteiger partial charge in [0.2, 0.25) is 15.9 Å². The number of rotatable bonds is 7. The number of sulfonamides is 1. The lowest BCUT2D eigenvalue weighted by Gasteiger charge is -2.29. The number of nitrogens with one attached hydrogen (secondary N) is 1. The second kappa shape index (κ2) is 8.57. The van der Waals surface area contributed by atoms with E-state index in [4.69, 9.17) is 0 Å². The van der Waals surface area contributed by atoms with Crippen LogP contribution in [0.15, 0.2) is 48.5 Å². The van der Waals surface area contributed by atoms with E-state index in [0.29, 0.717) is 5.69 Å². The van der Waals surface area contributed by atoms with Crippen LogP contribution in [-0.4, -0.2) is 26.6 Å². The minimum atomic E-state index is -3.61. The van der Waals surface area contributed by atoms with Crippen molar-refractivity contribution in [2.45, 2.75) is 46.2 Å². The molecule has 0 saturated heterocycles. The second-order valence-electron chi connectivity index (χ2n) is 6.90. The van der Waals surface area contributed by atoms with E-state index in [-0.39, 0.29) is 11.9 Å². The number of aryl methyl sites for hydroxylation is 2. The lowest BCUT2D eigenvalue weighted by molar-refractivity contribution is -0.122. The van der Waals surface area contributed by atoms with Crippen LogP contribution in [-0.2, 0) is 21.2 Å². The van der Waals surface area contributed by atoms with Gasteiger partial charge in [0, 0.05) is 0 Å². The highest BCUT2D eigenvalue weighted by molar-refractivity contribution is 7.92. The number of carbonyl (C=O) groups excluding carboxylic acids is 1. The maximum absolute atomic E-state index is 12.8. The first-order valence-corrected chi connectivity index (χ1v) is 10.9. The number of amides is 1. The zero-order valence-corrected chi connectivity index (χ0v) is 17.4. The number of carbonyl (C=O) groups is 1. The minimum Gasteiger partial charge on any atom is -0.348 e. The summed E-state index contributed by atoms with van der Waals surface area (Å²) in [6.07, 6.45) is 2.07. The number of anilines is 1. The van der Waals surface area contributed by atoms with Crippen LogP contribution in [0.2, 0.25) is 0 Å². The van der Waals surface area contributed by atoms with Gasteiger partial charge in [-0.2, -0.15) is 0 Å². The van der Waals surface area contributed by atoms with Crippen LogP contribution in [0.1, 0.15) is 43.5 Å². The van der Waals surface area contributed by atoms with Crippen molar-refractivity contribution in [2.75, 3.05) is 10.6 Å². The van der Waals surface area contributed by atoms with Crippen molar-refractivity contribution in [1.29, 1.82) is 0 Å². The first-order valence-electron chi connectivity index (χ1n) is 9.08. The van der Waals surface area contributed by atoms with Crippen molar-refractivity contribution in [3.63, 3.8) is 0 Å². The second-order valence-corrected chi connectivity index (χ2v) is 8.76. The molecule has 27 heavy (non-hydrogen) atoms. The average Bonchev–Trinajstić information content (AvgIpc) is 2.62. The highest BCUT2D eigenvalue weighted by Gasteiger charge is 2.29. The summed E-state index contributed by atoms with van der Waals surface area (Å²) in [5, 5.41) is 2.92. The fourth-order valence-electron chi connectivity index (χ4n) is 2.96. The van der Waals surface area contributed by atoms with Crippen molar-refractivity contribution < 1.29 is 13.2 Å². The molecule has 2 aromatic carbocycles. The van der Waals surface area contributed by atoms with Gasteiger partial charge in [-0.1, -0.05) is 48.9 Å². The zero-order valence-electron chi connectivity index (χ0n) is 16.6. The van der Waals surface area contributed by atoms with Gasteiger partial charge in [0.1, 0.15) is 6.04 Å². The molecule has 146 valence electrons. The van der Waals surface area contributed by atoms with Gasteiger partial charge in [-0.05, 0) is 50.5 Å². The Morgan fingerprint density at radius 2 is 1.59 bits per heavy atom. The van der Waals surface area contributed by atoms with E-state index in [1.165, 1.54) is 5.56 Å². The van der Waals surface area contributed by atoms with E-state index in [1.54, 1.807) is 19.1 Å². The third kappa shape index (κ3) is 5.32. The van der Waals surface area contributed by atoms with Crippen LogP contribution >= 0.6 is 0 Å². The lowest BCUT2D eigenvalue weighted by atomic mass is 10.0. The van der Waals surface area contributed by atoms with Gasteiger partial charge in [0.05, 0.1) is 18.0 Å². The molecule has 0 spiro atoms. The Labute approximate surface area is 162 Å². The van der Waals surface area contributed by atoms with Crippen molar-refractivity contribution >= 4 is 21.6 Å². The molecule has 6 heteroatoms. The summed E-state index contributed by atoms with van der Waals surface area (Å²) in [6.45, 7) is 7.51. The van der Waals surface area contributed by atoms with E-state index < -0.39 is 16.1 Å². The van der Waals surface area contributed by atoms with Gasteiger partial charge in [-0.15, -0.1) is 0 Å². The quantitative estimate of drug-likeness (QED) is 0.788. The molecule has 0 aliphatic carbocycles. The molecule has 0 bridgehead atoms. The SMILES string of the molecule is CCc1ccc(C(C)NC(=O)C(C)N(c2ccc(C)cc2)S(C)(=O)=O)cc1. The van der Waals surface area contributed by atoms with Gasteiger partial charge in [-0.25, -0.2) is 8.42 Å². The van der Waals surface area contributed by atoms with Gasteiger partial charge in [0.25, 0.3) is 0 Å². The first-order chi connectivity index (χ1) is 12.6. The summed E-state index contributed by atoms with van der Waals surface area (Å²) in [7, 11) is -3.61. The Bertz CT molecular complexity index is 875. The summed E-state index contributed by atoms with van der Waals surface area (Å²) in [5.74, 6) is -0.340. The van der Waals surface area contributed by atoms with E-state index in [1.807, 2.05) is 50.2 Å². The van der Waals surface area contributed by atoms with Crippen LogP contribution < -0.4 is 9.62 Å². The van der Waals surface area contributed by atoms with Crippen molar-refractivity contribution in [3.05, 3.63) is 65.2 Å². The molecule has 0 aromatic heterocycles. The predicted molar refractivity (Wildman–Crippen MR) is 110 cm³/mol. The number of hydrogen-bond acceptors (Lipinski definition) is 3. The molecule has 0 aliphatic heterocycles. The normalized spacial score (nSPS) is 13.7. The summed E-state index contributed by atoms with van der Waals surface area (Å²) >= 11 is 0. The summed E-state index contributed by atoms with van der Waals surface area (Å²) in [4.78, 5) is 12.8. The van der Waals surface area contributed by atoms with Gasteiger partial charge in [-0.3, -0.25) is 9.10 Å². The molecular weight excluding hydrogens is 360 g/mol. The number of nitrogens with zero attached hydrogens (tertiary/aromatic N) is 1. The van der Waals surface area contributed by atoms with E-state index in [2.05, 4.69) is 12.2 Å². The minimum absolute atomic E-state index is 0.217. The molecule has 0 saturated carbocycles. The Kier molecular flexibility index (Phi) is 6.65. The van der Waals surface area contributed by atoms with Crippen molar-refractivity contribution in [3.8, 4) is 0 Å². The molecule has 0 heterocycles. The molecule has 2 rings (SSSR count). The van der Waals surface area contributed by atoms with Gasteiger partial charge >= 0.3 is 0 Å². The van der Waals surface area contributed by atoms with Crippen LogP contribution in [0.5, 0.6) is 0 Å². The maximum atomic E-state index is 12.8. The van der Waals surface area contributed by atoms with Crippen LogP contribution in [0.3, 0.4) is 0 Å². The Morgan fingerprint density at radius 1 is 1.04 bits per heavy atom. The third-order valence-electron chi connectivity index (χ3n) is 4.62. The molecule has 5 nitrogen and oxygen atoms in total. The zero-order chi connectivity index (χ0) is 20.2. The summed E-state index contributed by atoms with van der Waals surface area (Å²) in [5.41, 5.74) is 3.71. The smallest absolute Gasteiger partial charge is 0.244 e. The van der Waals surface area contributed by atoms with Crippen molar-refractivity contribution in [2.24, 2.45) is 0 Å². The fraction of sp³-hybridized carbons (Fsp3) is 0.381. The third-order valence-corrected chi connectivity index (χ3v) is 5.87. The predicted octanol–water partition coefficient (Wildman–Crippen LogP) is 3.59. The Hall–Kier alpha value is -2.34. The van der Waals surface area contributed by atoms with E-state index in [0.717, 1.165) is 28.1 Å².